The fourth-order valence-electron chi connectivity index (χ4n) is 5.12. The maximum atomic E-state index is 2.38. The SMILES string of the molecule is c1ccc(-c2ccc3c(c2)-c2ccc4c(sc5ccc(-c6ccccc6)cc54)c2C3)cc1. The lowest BCUT2D eigenvalue weighted by molar-refractivity contribution is 1.29. The van der Waals surface area contributed by atoms with Gasteiger partial charge < -0.3 is 0 Å². The van der Waals surface area contributed by atoms with Crippen molar-refractivity contribution in [2.75, 3.05) is 0 Å². The summed E-state index contributed by atoms with van der Waals surface area (Å²) in [5.74, 6) is 0. The third kappa shape index (κ3) is 2.68. The van der Waals surface area contributed by atoms with E-state index in [-0.39, 0.29) is 0 Å². The Labute approximate surface area is 191 Å². The second-order valence-corrected chi connectivity index (χ2v) is 9.61. The topological polar surface area (TPSA) is 0 Å². The quantitative estimate of drug-likeness (QED) is 0.260. The summed E-state index contributed by atoms with van der Waals surface area (Å²) < 4.78 is 2.81. The first-order valence-electron chi connectivity index (χ1n) is 11.1. The Morgan fingerprint density at radius 3 is 1.94 bits per heavy atom. The molecule has 0 amide bonds. The van der Waals surface area contributed by atoms with Gasteiger partial charge in [0, 0.05) is 26.6 Å². The van der Waals surface area contributed by atoms with E-state index < -0.39 is 0 Å². The Kier molecular flexibility index (Phi) is 3.88. The molecule has 150 valence electrons. The summed E-state index contributed by atoms with van der Waals surface area (Å²) in [4.78, 5) is 0. The lowest BCUT2D eigenvalue weighted by atomic mass is 9.98. The Balaban J connectivity index is 1.39. The van der Waals surface area contributed by atoms with Crippen LogP contribution in [0.15, 0.2) is 109 Å². The monoisotopic (exact) mass is 424 g/mol. The van der Waals surface area contributed by atoms with Crippen LogP contribution in [0.25, 0.3) is 53.6 Å². The van der Waals surface area contributed by atoms with E-state index in [2.05, 4.69) is 109 Å². The zero-order chi connectivity index (χ0) is 21.1. The van der Waals surface area contributed by atoms with Gasteiger partial charge in [0.2, 0.25) is 0 Å². The molecule has 1 aliphatic carbocycles. The predicted molar refractivity (Wildman–Crippen MR) is 138 cm³/mol. The molecular weight excluding hydrogens is 404 g/mol. The normalized spacial score (nSPS) is 12.2. The molecule has 0 fully saturated rings. The third-order valence-corrected chi connectivity index (χ3v) is 7.97. The van der Waals surface area contributed by atoms with Gasteiger partial charge in [0.05, 0.1) is 0 Å². The highest BCUT2D eigenvalue weighted by Gasteiger charge is 2.23. The molecule has 1 aliphatic rings. The van der Waals surface area contributed by atoms with Crippen LogP contribution in [0.4, 0.5) is 0 Å². The molecule has 7 rings (SSSR count). The van der Waals surface area contributed by atoms with Crippen molar-refractivity contribution in [2.24, 2.45) is 0 Å². The molecule has 0 nitrogen and oxygen atoms in total. The van der Waals surface area contributed by atoms with Crippen molar-refractivity contribution in [3.05, 3.63) is 120 Å². The minimum Gasteiger partial charge on any atom is -0.135 e. The van der Waals surface area contributed by atoms with Crippen molar-refractivity contribution in [2.45, 2.75) is 6.42 Å². The third-order valence-electron chi connectivity index (χ3n) is 6.72. The second kappa shape index (κ2) is 6.91. The van der Waals surface area contributed by atoms with Crippen molar-refractivity contribution < 1.29 is 0 Å². The van der Waals surface area contributed by atoms with Gasteiger partial charge in [0.25, 0.3) is 0 Å². The van der Waals surface area contributed by atoms with Crippen molar-refractivity contribution >= 4 is 31.5 Å². The Hall–Kier alpha value is -3.68. The number of fused-ring (bicyclic) bond motifs is 7. The summed E-state index contributed by atoms with van der Waals surface area (Å²) in [6.45, 7) is 0. The predicted octanol–water partition coefficient (Wildman–Crippen LogP) is 8.96. The highest BCUT2D eigenvalue weighted by Crippen LogP contribution is 2.46. The van der Waals surface area contributed by atoms with E-state index in [1.165, 1.54) is 64.7 Å². The van der Waals surface area contributed by atoms with Crippen molar-refractivity contribution in [3.63, 3.8) is 0 Å². The van der Waals surface area contributed by atoms with Crippen molar-refractivity contribution in [1.29, 1.82) is 0 Å². The van der Waals surface area contributed by atoms with E-state index in [4.69, 9.17) is 0 Å². The minimum atomic E-state index is 1.02. The fraction of sp³-hybridized carbons (Fsp3) is 0.0323. The van der Waals surface area contributed by atoms with Crippen molar-refractivity contribution in [1.82, 2.24) is 0 Å². The smallest absolute Gasteiger partial charge is 0.0396 e. The van der Waals surface area contributed by atoms with Crippen LogP contribution in [-0.4, -0.2) is 0 Å². The summed E-state index contributed by atoms with van der Waals surface area (Å²) in [7, 11) is 0. The molecule has 0 spiro atoms. The van der Waals surface area contributed by atoms with Crippen LogP contribution < -0.4 is 0 Å². The van der Waals surface area contributed by atoms with Gasteiger partial charge in [-0.3, -0.25) is 0 Å². The number of benzene rings is 5. The first-order chi connectivity index (χ1) is 15.8. The molecule has 0 aliphatic heterocycles. The molecule has 6 aromatic rings. The lowest BCUT2D eigenvalue weighted by Gasteiger charge is -2.06. The van der Waals surface area contributed by atoms with E-state index in [1.807, 2.05) is 11.3 Å². The van der Waals surface area contributed by atoms with Gasteiger partial charge in [-0.1, -0.05) is 91.0 Å². The molecule has 0 unspecified atom stereocenters. The van der Waals surface area contributed by atoms with Crippen LogP contribution in [0.2, 0.25) is 0 Å². The van der Waals surface area contributed by atoms with E-state index >= 15 is 0 Å². The molecular formula is C31H20S. The highest BCUT2D eigenvalue weighted by atomic mass is 32.1. The summed E-state index contributed by atoms with van der Waals surface area (Å²) in [6, 6.07) is 39.9. The first kappa shape index (κ1) is 17.9. The second-order valence-electron chi connectivity index (χ2n) is 8.56. The zero-order valence-corrected chi connectivity index (χ0v) is 18.3. The maximum Gasteiger partial charge on any atom is 0.0396 e. The Morgan fingerprint density at radius 2 is 1.19 bits per heavy atom. The number of rotatable bonds is 2. The van der Waals surface area contributed by atoms with E-state index in [0.717, 1.165) is 6.42 Å². The van der Waals surface area contributed by atoms with Gasteiger partial charge in [-0.25, -0.2) is 0 Å². The maximum absolute atomic E-state index is 2.38. The Morgan fingerprint density at radius 1 is 0.500 bits per heavy atom. The molecule has 5 aromatic carbocycles. The van der Waals surface area contributed by atoms with Gasteiger partial charge in [0.15, 0.2) is 0 Å². The van der Waals surface area contributed by atoms with Crippen LogP contribution in [0, 0.1) is 0 Å². The fourth-order valence-corrected chi connectivity index (χ4v) is 6.34. The van der Waals surface area contributed by atoms with Gasteiger partial charge in [-0.05, 0) is 62.7 Å². The van der Waals surface area contributed by atoms with Crippen LogP contribution in [-0.2, 0) is 6.42 Å². The minimum absolute atomic E-state index is 1.02. The van der Waals surface area contributed by atoms with Crippen LogP contribution in [0.3, 0.4) is 0 Å². The van der Waals surface area contributed by atoms with E-state index in [9.17, 15) is 0 Å². The first-order valence-corrected chi connectivity index (χ1v) is 11.9. The van der Waals surface area contributed by atoms with Gasteiger partial charge in [-0.2, -0.15) is 0 Å². The number of hydrogen-bond donors (Lipinski definition) is 0. The average molecular weight is 425 g/mol. The molecule has 1 heteroatoms. The van der Waals surface area contributed by atoms with Crippen molar-refractivity contribution in [3.8, 4) is 33.4 Å². The van der Waals surface area contributed by atoms with Gasteiger partial charge >= 0.3 is 0 Å². The van der Waals surface area contributed by atoms with Crippen LogP contribution in [0.5, 0.6) is 0 Å². The van der Waals surface area contributed by atoms with E-state index in [1.54, 1.807) is 0 Å². The standard InChI is InChI=1S/C31H20S/c1-3-7-20(8-4-1)22-11-12-24-19-29-25(27(24)17-22)14-15-26-28-18-23(21-9-5-2-6-10-21)13-16-30(28)32-31(26)29/h1-18H,19H2. The average Bonchev–Trinajstić information content (AvgIpc) is 3.42. The van der Waals surface area contributed by atoms with Crippen LogP contribution >= 0.6 is 11.3 Å². The van der Waals surface area contributed by atoms with Gasteiger partial charge in [-0.15, -0.1) is 11.3 Å². The molecule has 0 N–H and O–H groups in total. The summed E-state index contributed by atoms with van der Waals surface area (Å²) in [6.07, 6.45) is 1.02. The Bertz CT molecular complexity index is 1620. The molecule has 0 bridgehead atoms. The summed E-state index contributed by atoms with van der Waals surface area (Å²) in [5.41, 5.74) is 10.9. The molecule has 1 heterocycles. The summed E-state index contributed by atoms with van der Waals surface area (Å²) >= 11 is 1.94. The number of thiophene rings is 1. The molecule has 32 heavy (non-hydrogen) atoms. The number of hydrogen-bond acceptors (Lipinski definition) is 1. The summed E-state index contributed by atoms with van der Waals surface area (Å²) in [5, 5.41) is 2.76. The molecule has 1 aromatic heterocycles. The van der Waals surface area contributed by atoms with Crippen LogP contribution in [0.1, 0.15) is 11.1 Å². The molecule has 0 atom stereocenters. The molecule has 0 saturated carbocycles. The molecule has 0 saturated heterocycles. The lowest BCUT2D eigenvalue weighted by Crippen LogP contribution is -1.82. The largest absolute Gasteiger partial charge is 0.135 e. The highest BCUT2D eigenvalue weighted by molar-refractivity contribution is 7.26. The zero-order valence-electron chi connectivity index (χ0n) is 17.5. The molecule has 0 radical (unpaired) electrons. The van der Waals surface area contributed by atoms with E-state index in [0.29, 0.717) is 0 Å². The van der Waals surface area contributed by atoms with Gasteiger partial charge in [0.1, 0.15) is 0 Å².